The lowest BCUT2D eigenvalue weighted by molar-refractivity contribution is 0.457. The summed E-state index contributed by atoms with van der Waals surface area (Å²) >= 11 is 0. The summed E-state index contributed by atoms with van der Waals surface area (Å²) in [4.78, 5) is 13.7. The van der Waals surface area contributed by atoms with Gasteiger partial charge in [0, 0.05) is 28.5 Å². The summed E-state index contributed by atoms with van der Waals surface area (Å²) < 4.78 is 33.5. The fourth-order valence-corrected chi connectivity index (χ4v) is 5.11. The number of aromatic nitrogens is 4. The molecule has 3 N–H and O–H groups in total. The van der Waals surface area contributed by atoms with E-state index in [1.807, 2.05) is 38.1 Å². The van der Waals surface area contributed by atoms with E-state index in [1.165, 1.54) is 12.4 Å². The molecule has 186 valence electrons. The third-order valence-electron chi connectivity index (χ3n) is 5.59. The van der Waals surface area contributed by atoms with Gasteiger partial charge in [-0.15, -0.1) is 0 Å². The SMILES string of the molecule is C/C=C\c1nc(Nc2cccc(N)c2)nc(Oc2cnc3c(ccn3S(=O)(=O)c3ccccc3)c2)c1C. The molecular formula is C27H24N6O3S. The third-order valence-corrected chi connectivity index (χ3v) is 7.27. The van der Waals surface area contributed by atoms with Crippen LogP contribution in [0.5, 0.6) is 11.6 Å². The van der Waals surface area contributed by atoms with Crippen LogP contribution in [0.4, 0.5) is 17.3 Å². The molecule has 5 rings (SSSR count). The molecule has 10 heteroatoms. The Hall–Kier alpha value is -4.70. The highest BCUT2D eigenvalue weighted by molar-refractivity contribution is 7.90. The molecule has 2 aromatic carbocycles. The number of hydrogen-bond donors (Lipinski definition) is 2. The maximum atomic E-state index is 13.1. The van der Waals surface area contributed by atoms with Crippen molar-refractivity contribution in [3.63, 3.8) is 0 Å². The van der Waals surface area contributed by atoms with Crippen LogP contribution < -0.4 is 15.8 Å². The molecule has 0 aliphatic rings. The zero-order valence-electron chi connectivity index (χ0n) is 20.2. The van der Waals surface area contributed by atoms with Gasteiger partial charge in [-0.25, -0.2) is 22.4 Å². The first kappa shape index (κ1) is 24.0. The average Bonchev–Trinajstić information content (AvgIpc) is 3.32. The van der Waals surface area contributed by atoms with Gasteiger partial charge in [0.05, 0.1) is 16.8 Å². The molecule has 9 nitrogen and oxygen atoms in total. The number of fused-ring (bicyclic) bond motifs is 1. The van der Waals surface area contributed by atoms with Gasteiger partial charge >= 0.3 is 0 Å². The second kappa shape index (κ2) is 9.75. The molecule has 0 aliphatic heterocycles. The van der Waals surface area contributed by atoms with Crippen molar-refractivity contribution in [1.29, 1.82) is 0 Å². The zero-order valence-corrected chi connectivity index (χ0v) is 21.0. The number of benzene rings is 2. The highest BCUT2D eigenvalue weighted by Crippen LogP contribution is 2.30. The zero-order chi connectivity index (χ0) is 26.0. The number of anilines is 3. The van der Waals surface area contributed by atoms with Gasteiger partial charge in [0.15, 0.2) is 5.65 Å². The number of rotatable bonds is 7. The maximum absolute atomic E-state index is 13.1. The third kappa shape index (κ3) is 4.87. The summed E-state index contributed by atoms with van der Waals surface area (Å²) in [6, 6.07) is 18.9. The summed E-state index contributed by atoms with van der Waals surface area (Å²) in [7, 11) is -3.78. The Balaban J connectivity index is 1.49. The van der Waals surface area contributed by atoms with Gasteiger partial charge in [-0.1, -0.05) is 30.3 Å². The lowest BCUT2D eigenvalue weighted by Crippen LogP contribution is -2.12. The molecule has 0 fully saturated rings. The minimum atomic E-state index is -3.78. The second-order valence-electron chi connectivity index (χ2n) is 8.23. The molecule has 0 spiro atoms. The van der Waals surface area contributed by atoms with Gasteiger partial charge < -0.3 is 15.8 Å². The van der Waals surface area contributed by atoms with Crippen LogP contribution in [0.2, 0.25) is 0 Å². The van der Waals surface area contributed by atoms with Gasteiger partial charge in [0.25, 0.3) is 10.0 Å². The Labute approximate surface area is 214 Å². The van der Waals surface area contributed by atoms with E-state index in [9.17, 15) is 8.42 Å². The summed E-state index contributed by atoms with van der Waals surface area (Å²) in [6.45, 7) is 3.77. The fraction of sp³-hybridized carbons (Fsp3) is 0.0741. The molecule has 0 saturated heterocycles. The normalized spacial score (nSPS) is 11.7. The van der Waals surface area contributed by atoms with E-state index >= 15 is 0 Å². The molecule has 37 heavy (non-hydrogen) atoms. The van der Waals surface area contributed by atoms with Crippen molar-refractivity contribution in [2.45, 2.75) is 18.7 Å². The van der Waals surface area contributed by atoms with Gasteiger partial charge in [0.1, 0.15) is 5.75 Å². The molecule has 3 aromatic heterocycles. The number of nitrogens with zero attached hydrogens (tertiary/aromatic N) is 4. The van der Waals surface area contributed by atoms with E-state index in [-0.39, 0.29) is 4.90 Å². The molecule has 0 unspecified atom stereocenters. The Morgan fingerprint density at radius 2 is 1.84 bits per heavy atom. The molecule has 0 bridgehead atoms. The van der Waals surface area contributed by atoms with Crippen molar-refractivity contribution in [1.82, 2.24) is 18.9 Å². The van der Waals surface area contributed by atoms with E-state index in [2.05, 4.69) is 20.3 Å². The molecule has 0 aliphatic carbocycles. The van der Waals surface area contributed by atoms with Crippen molar-refractivity contribution < 1.29 is 13.2 Å². The maximum Gasteiger partial charge on any atom is 0.269 e. The van der Waals surface area contributed by atoms with Gasteiger partial charge in [-0.05, 0) is 62.4 Å². The summed E-state index contributed by atoms with van der Waals surface area (Å²) in [5.41, 5.74) is 8.97. The Kier molecular flexibility index (Phi) is 6.33. The Morgan fingerprint density at radius 1 is 1.03 bits per heavy atom. The summed E-state index contributed by atoms with van der Waals surface area (Å²) in [5.74, 6) is 1.09. The largest absolute Gasteiger partial charge is 0.437 e. The average molecular weight is 513 g/mol. The number of nitrogen functional groups attached to an aromatic ring is 1. The molecule has 0 amide bonds. The predicted molar refractivity (Wildman–Crippen MR) is 144 cm³/mol. The molecule has 0 atom stereocenters. The molecule has 0 saturated carbocycles. The van der Waals surface area contributed by atoms with E-state index in [0.29, 0.717) is 40.0 Å². The van der Waals surface area contributed by atoms with Crippen molar-refractivity contribution in [3.8, 4) is 11.6 Å². The van der Waals surface area contributed by atoms with Crippen LogP contribution in [-0.2, 0) is 10.0 Å². The van der Waals surface area contributed by atoms with Crippen molar-refractivity contribution in [2.24, 2.45) is 0 Å². The Morgan fingerprint density at radius 3 is 2.59 bits per heavy atom. The summed E-state index contributed by atoms with van der Waals surface area (Å²) in [5, 5.41) is 3.77. The van der Waals surface area contributed by atoms with Gasteiger partial charge in [-0.2, -0.15) is 4.98 Å². The highest BCUT2D eigenvalue weighted by atomic mass is 32.2. The first-order chi connectivity index (χ1) is 17.8. The number of nitrogens with two attached hydrogens (primary N) is 1. The first-order valence-corrected chi connectivity index (χ1v) is 12.9. The monoisotopic (exact) mass is 512 g/mol. The molecular weight excluding hydrogens is 488 g/mol. The first-order valence-electron chi connectivity index (χ1n) is 11.4. The predicted octanol–water partition coefficient (Wildman–Crippen LogP) is 5.52. The smallest absolute Gasteiger partial charge is 0.269 e. The number of nitrogens with one attached hydrogen (secondary N) is 1. The lowest BCUT2D eigenvalue weighted by Gasteiger charge is -2.13. The van der Waals surface area contributed by atoms with Gasteiger partial charge in [0.2, 0.25) is 11.8 Å². The van der Waals surface area contributed by atoms with Crippen LogP contribution in [0.3, 0.4) is 0 Å². The molecule has 5 aromatic rings. The lowest BCUT2D eigenvalue weighted by atomic mass is 10.2. The van der Waals surface area contributed by atoms with Crippen molar-refractivity contribution >= 4 is 44.5 Å². The highest BCUT2D eigenvalue weighted by Gasteiger charge is 2.20. The minimum Gasteiger partial charge on any atom is -0.437 e. The topological polar surface area (TPSA) is 125 Å². The summed E-state index contributed by atoms with van der Waals surface area (Å²) in [6.07, 6.45) is 6.70. The van der Waals surface area contributed by atoms with Gasteiger partial charge in [-0.3, -0.25) is 0 Å². The van der Waals surface area contributed by atoms with E-state index in [0.717, 1.165) is 15.2 Å². The minimum absolute atomic E-state index is 0.183. The number of allylic oxidation sites excluding steroid dienone is 1. The second-order valence-corrected chi connectivity index (χ2v) is 10.0. The quantitative estimate of drug-likeness (QED) is 0.273. The van der Waals surface area contributed by atoms with Crippen molar-refractivity contribution in [3.05, 3.63) is 96.5 Å². The van der Waals surface area contributed by atoms with E-state index in [1.54, 1.807) is 54.6 Å². The van der Waals surface area contributed by atoms with Crippen LogP contribution in [0, 0.1) is 6.92 Å². The van der Waals surface area contributed by atoms with Crippen LogP contribution >= 0.6 is 0 Å². The van der Waals surface area contributed by atoms with E-state index in [4.69, 9.17) is 10.5 Å². The number of pyridine rings is 1. The number of ether oxygens (including phenoxy) is 1. The number of hydrogen-bond acceptors (Lipinski definition) is 8. The molecule has 0 radical (unpaired) electrons. The van der Waals surface area contributed by atoms with Crippen LogP contribution in [0.15, 0.2) is 90.1 Å². The van der Waals surface area contributed by atoms with Crippen LogP contribution in [0.25, 0.3) is 17.1 Å². The molecule has 3 heterocycles. The Bertz CT molecular complexity index is 1730. The fourth-order valence-electron chi connectivity index (χ4n) is 3.78. The van der Waals surface area contributed by atoms with Crippen LogP contribution in [-0.4, -0.2) is 27.3 Å². The standard InChI is InChI=1S/C27H24N6O3S/c1-3-8-24-18(2)26(32-27(31-24)30-21-10-7-9-20(28)16-21)36-22-15-19-13-14-33(25(19)29-17-22)37(34,35)23-11-5-4-6-12-23/h3-17H,28H2,1-2H3,(H,30,31,32)/b8-3-. The van der Waals surface area contributed by atoms with E-state index < -0.39 is 10.0 Å². The van der Waals surface area contributed by atoms with Crippen molar-refractivity contribution in [2.75, 3.05) is 11.1 Å². The van der Waals surface area contributed by atoms with Crippen LogP contribution in [0.1, 0.15) is 18.2 Å².